The summed E-state index contributed by atoms with van der Waals surface area (Å²) in [7, 11) is 2.07. The molecule has 22 heavy (non-hydrogen) atoms. The molecule has 0 saturated carbocycles. The van der Waals surface area contributed by atoms with Crippen molar-refractivity contribution in [1.82, 2.24) is 10.2 Å². The molecule has 1 saturated heterocycles. The standard InChI is InChI=1S/C19H22N2O/c1-20-14-7-6-12-21(13-14)19-15-8-2-4-10-17(15)22-18-11-5-3-9-16(18)19/h2-5,8-11,14,19-20H,6-7,12-13H2,1H3. The summed E-state index contributed by atoms with van der Waals surface area (Å²) in [6, 6.07) is 17.8. The van der Waals surface area contributed by atoms with Crippen molar-refractivity contribution in [2.45, 2.75) is 24.9 Å². The first-order valence-electron chi connectivity index (χ1n) is 8.14. The molecule has 2 aliphatic heterocycles. The molecule has 0 aliphatic carbocycles. The topological polar surface area (TPSA) is 24.5 Å². The first-order chi connectivity index (χ1) is 10.9. The number of benzene rings is 2. The van der Waals surface area contributed by atoms with Gasteiger partial charge in [-0.1, -0.05) is 36.4 Å². The van der Waals surface area contributed by atoms with Crippen LogP contribution >= 0.6 is 0 Å². The van der Waals surface area contributed by atoms with E-state index in [1.165, 1.54) is 24.0 Å². The number of hydrogen-bond acceptors (Lipinski definition) is 3. The average Bonchev–Trinajstić information content (AvgIpc) is 2.59. The predicted molar refractivity (Wildman–Crippen MR) is 88.5 cm³/mol. The molecule has 0 spiro atoms. The zero-order chi connectivity index (χ0) is 14.9. The molecule has 1 unspecified atom stereocenters. The van der Waals surface area contributed by atoms with Crippen LogP contribution in [-0.2, 0) is 0 Å². The Morgan fingerprint density at radius 2 is 1.64 bits per heavy atom. The molecule has 1 fully saturated rings. The largest absolute Gasteiger partial charge is 0.457 e. The molecule has 2 aliphatic rings. The Morgan fingerprint density at radius 3 is 2.27 bits per heavy atom. The first-order valence-corrected chi connectivity index (χ1v) is 8.14. The van der Waals surface area contributed by atoms with Crippen molar-refractivity contribution in [3.8, 4) is 11.5 Å². The average molecular weight is 294 g/mol. The van der Waals surface area contributed by atoms with Gasteiger partial charge in [0, 0.05) is 23.7 Å². The maximum Gasteiger partial charge on any atom is 0.132 e. The van der Waals surface area contributed by atoms with Crippen LogP contribution in [0.25, 0.3) is 0 Å². The molecule has 0 radical (unpaired) electrons. The fourth-order valence-electron chi connectivity index (χ4n) is 3.75. The molecular formula is C19H22N2O. The van der Waals surface area contributed by atoms with Gasteiger partial charge in [0.1, 0.15) is 11.5 Å². The third-order valence-electron chi connectivity index (χ3n) is 4.87. The van der Waals surface area contributed by atoms with E-state index in [9.17, 15) is 0 Å². The maximum atomic E-state index is 6.11. The lowest BCUT2D eigenvalue weighted by Crippen LogP contribution is -2.46. The third kappa shape index (κ3) is 2.31. The monoisotopic (exact) mass is 294 g/mol. The minimum Gasteiger partial charge on any atom is -0.457 e. The number of nitrogens with one attached hydrogen (secondary N) is 1. The fraction of sp³-hybridized carbons (Fsp3) is 0.368. The molecule has 2 aromatic rings. The molecule has 1 N–H and O–H groups in total. The summed E-state index contributed by atoms with van der Waals surface area (Å²) < 4.78 is 6.11. The highest BCUT2D eigenvalue weighted by molar-refractivity contribution is 5.53. The smallest absolute Gasteiger partial charge is 0.132 e. The van der Waals surface area contributed by atoms with Crippen LogP contribution in [0, 0.1) is 0 Å². The number of piperidine rings is 1. The van der Waals surface area contributed by atoms with Gasteiger partial charge in [-0.25, -0.2) is 0 Å². The number of likely N-dealkylation sites (tertiary alicyclic amines) is 1. The van der Waals surface area contributed by atoms with E-state index in [1.54, 1.807) is 0 Å². The summed E-state index contributed by atoms with van der Waals surface area (Å²) in [4.78, 5) is 2.60. The maximum absolute atomic E-state index is 6.11. The minimum atomic E-state index is 0.303. The lowest BCUT2D eigenvalue weighted by molar-refractivity contribution is 0.153. The van der Waals surface area contributed by atoms with Gasteiger partial charge >= 0.3 is 0 Å². The lowest BCUT2D eigenvalue weighted by atomic mass is 9.91. The van der Waals surface area contributed by atoms with E-state index in [-0.39, 0.29) is 0 Å². The molecule has 1 atom stereocenters. The highest BCUT2D eigenvalue weighted by atomic mass is 16.5. The molecule has 3 heteroatoms. The van der Waals surface area contributed by atoms with E-state index in [1.807, 2.05) is 0 Å². The number of likely N-dealkylation sites (N-methyl/N-ethyl adjacent to an activating group) is 1. The van der Waals surface area contributed by atoms with Gasteiger partial charge in [0.15, 0.2) is 0 Å². The number of para-hydroxylation sites is 2. The minimum absolute atomic E-state index is 0.303. The summed E-state index contributed by atoms with van der Waals surface area (Å²) in [6.07, 6.45) is 2.51. The SMILES string of the molecule is CNC1CCCN(C2c3ccccc3Oc3ccccc32)C1. The van der Waals surface area contributed by atoms with Gasteiger partial charge in [-0.2, -0.15) is 0 Å². The van der Waals surface area contributed by atoms with Crippen LogP contribution in [0.4, 0.5) is 0 Å². The van der Waals surface area contributed by atoms with Gasteiger partial charge < -0.3 is 10.1 Å². The Balaban J connectivity index is 1.77. The molecule has 2 aromatic carbocycles. The zero-order valence-electron chi connectivity index (χ0n) is 13.0. The summed E-state index contributed by atoms with van der Waals surface area (Å²) in [5.41, 5.74) is 2.58. The van der Waals surface area contributed by atoms with E-state index >= 15 is 0 Å². The van der Waals surface area contributed by atoms with Crippen LogP contribution in [0.1, 0.15) is 30.0 Å². The van der Waals surface area contributed by atoms with Crippen molar-refractivity contribution < 1.29 is 4.74 Å². The first kappa shape index (κ1) is 13.8. The van der Waals surface area contributed by atoms with E-state index in [0.717, 1.165) is 24.6 Å². The number of nitrogens with zero attached hydrogens (tertiary/aromatic N) is 1. The van der Waals surface area contributed by atoms with Crippen molar-refractivity contribution in [3.05, 3.63) is 59.7 Å². The fourth-order valence-corrected chi connectivity index (χ4v) is 3.75. The quantitative estimate of drug-likeness (QED) is 0.916. The Labute approximate surface area is 131 Å². The Morgan fingerprint density at radius 1 is 1.00 bits per heavy atom. The number of hydrogen-bond donors (Lipinski definition) is 1. The summed E-state index contributed by atoms with van der Waals surface area (Å²) in [6.45, 7) is 2.23. The van der Waals surface area contributed by atoms with Crippen molar-refractivity contribution in [1.29, 1.82) is 0 Å². The molecule has 4 rings (SSSR count). The van der Waals surface area contributed by atoms with E-state index in [2.05, 4.69) is 65.8 Å². The summed E-state index contributed by atoms with van der Waals surface area (Å²) in [5.74, 6) is 2.00. The lowest BCUT2D eigenvalue weighted by Gasteiger charge is -2.41. The highest BCUT2D eigenvalue weighted by Gasteiger charge is 2.33. The third-order valence-corrected chi connectivity index (χ3v) is 4.87. The predicted octanol–water partition coefficient (Wildman–Crippen LogP) is 3.57. The number of fused-ring (bicyclic) bond motifs is 2. The van der Waals surface area contributed by atoms with Crippen LogP contribution in [0.5, 0.6) is 11.5 Å². The van der Waals surface area contributed by atoms with Gasteiger partial charge in [0.2, 0.25) is 0 Å². The van der Waals surface area contributed by atoms with Crippen LogP contribution < -0.4 is 10.1 Å². The van der Waals surface area contributed by atoms with Gasteiger partial charge in [0.05, 0.1) is 6.04 Å². The number of rotatable bonds is 2. The molecule has 0 aromatic heterocycles. The second kappa shape index (κ2) is 5.75. The van der Waals surface area contributed by atoms with Crippen LogP contribution in [-0.4, -0.2) is 31.1 Å². The van der Waals surface area contributed by atoms with E-state index in [0.29, 0.717) is 12.1 Å². The Hall–Kier alpha value is -1.84. The van der Waals surface area contributed by atoms with Crippen molar-refractivity contribution >= 4 is 0 Å². The van der Waals surface area contributed by atoms with E-state index in [4.69, 9.17) is 4.74 Å². The van der Waals surface area contributed by atoms with Crippen LogP contribution in [0.2, 0.25) is 0 Å². The van der Waals surface area contributed by atoms with Gasteiger partial charge in [-0.15, -0.1) is 0 Å². The van der Waals surface area contributed by atoms with Crippen molar-refractivity contribution in [2.24, 2.45) is 0 Å². The molecule has 0 bridgehead atoms. The number of ether oxygens (including phenoxy) is 1. The second-order valence-electron chi connectivity index (χ2n) is 6.20. The molecule has 2 heterocycles. The Kier molecular flexibility index (Phi) is 3.60. The molecular weight excluding hydrogens is 272 g/mol. The van der Waals surface area contributed by atoms with E-state index < -0.39 is 0 Å². The van der Waals surface area contributed by atoms with Crippen molar-refractivity contribution in [2.75, 3.05) is 20.1 Å². The van der Waals surface area contributed by atoms with Crippen LogP contribution in [0.15, 0.2) is 48.5 Å². The van der Waals surface area contributed by atoms with Gasteiger partial charge in [0.25, 0.3) is 0 Å². The van der Waals surface area contributed by atoms with Crippen LogP contribution in [0.3, 0.4) is 0 Å². The molecule has 3 nitrogen and oxygen atoms in total. The van der Waals surface area contributed by atoms with Crippen molar-refractivity contribution in [3.63, 3.8) is 0 Å². The summed E-state index contributed by atoms with van der Waals surface area (Å²) in [5, 5.41) is 3.45. The zero-order valence-corrected chi connectivity index (χ0v) is 13.0. The Bertz CT molecular complexity index is 624. The summed E-state index contributed by atoms with van der Waals surface area (Å²) >= 11 is 0. The molecule has 114 valence electrons. The molecule has 0 amide bonds. The van der Waals surface area contributed by atoms with Gasteiger partial charge in [-0.05, 0) is 38.6 Å². The highest BCUT2D eigenvalue weighted by Crippen LogP contribution is 2.45. The second-order valence-corrected chi connectivity index (χ2v) is 6.20. The normalized spacial score (nSPS) is 21.8. The van der Waals surface area contributed by atoms with Gasteiger partial charge in [-0.3, -0.25) is 4.90 Å².